The topological polar surface area (TPSA) is 91.8 Å². The summed E-state index contributed by atoms with van der Waals surface area (Å²) in [6, 6.07) is 3.53. The van der Waals surface area contributed by atoms with Crippen LogP contribution in [0.1, 0.15) is 37.7 Å². The SMILES string of the molecule is N#Cc1cc([N+](=O)[O-])cnc1NC1CCCCC1. The van der Waals surface area contributed by atoms with Gasteiger partial charge in [0.1, 0.15) is 23.6 Å². The first-order valence-corrected chi connectivity index (χ1v) is 6.02. The van der Waals surface area contributed by atoms with Crippen molar-refractivity contribution < 1.29 is 4.92 Å². The van der Waals surface area contributed by atoms with E-state index in [4.69, 9.17) is 5.26 Å². The van der Waals surface area contributed by atoms with Crippen LogP contribution < -0.4 is 5.32 Å². The van der Waals surface area contributed by atoms with Crippen LogP contribution in [-0.4, -0.2) is 15.9 Å². The summed E-state index contributed by atoms with van der Waals surface area (Å²) in [5, 5.41) is 22.8. The third kappa shape index (κ3) is 2.74. The van der Waals surface area contributed by atoms with Crippen molar-refractivity contribution in [3.8, 4) is 6.07 Å². The predicted molar refractivity (Wildman–Crippen MR) is 66.1 cm³/mol. The van der Waals surface area contributed by atoms with E-state index in [9.17, 15) is 10.1 Å². The molecule has 0 spiro atoms. The molecule has 0 atom stereocenters. The average molecular weight is 246 g/mol. The van der Waals surface area contributed by atoms with E-state index in [-0.39, 0.29) is 11.3 Å². The maximum Gasteiger partial charge on any atom is 0.289 e. The Labute approximate surface area is 105 Å². The summed E-state index contributed by atoms with van der Waals surface area (Å²) in [7, 11) is 0. The monoisotopic (exact) mass is 246 g/mol. The molecule has 0 unspecified atom stereocenters. The Morgan fingerprint density at radius 3 is 2.78 bits per heavy atom. The number of pyridine rings is 1. The van der Waals surface area contributed by atoms with Gasteiger partial charge in [-0.3, -0.25) is 10.1 Å². The van der Waals surface area contributed by atoms with E-state index in [1.165, 1.54) is 31.5 Å². The zero-order valence-electron chi connectivity index (χ0n) is 9.93. The summed E-state index contributed by atoms with van der Waals surface area (Å²) in [6.07, 6.45) is 6.90. The highest BCUT2D eigenvalue weighted by atomic mass is 16.6. The van der Waals surface area contributed by atoms with Gasteiger partial charge in [0.15, 0.2) is 0 Å². The molecule has 0 aliphatic heterocycles. The Kier molecular flexibility index (Phi) is 3.72. The van der Waals surface area contributed by atoms with Crippen LogP contribution in [0.2, 0.25) is 0 Å². The Morgan fingerprint density at radius 2 is 2.17 bits per heavy atom. The molecule has 0 saturated heterocycles. The number of rotatable bonds is 3. The highest BCUT2D eigenvalue weighted by Gasteiger charge is 2.17. The first-order valence-electron chi connectivity index (χ1n) is 6.02. The van der Waals surface area contributed by atoms with Gasteiger partial charge in [0.2, 0.25) is 0 Å². The lowest BCUT2D eigenvalue weighted by molar-refractivity contribution is -0.385. The van der Waals surface area contributed by atoms with Gasteiger partial charge in [-0.25, -0.2) is 4.98 Å². The fourth-order valence-corrected chi connectivity index (χ4v) is 2.19. The van der Waals surface area contributed by atoms with Crippen molar-refractivity contribution in [2.24, 2.45) is 0 Å². The molecular formula is C12H14N4O2. The number of hydrogen-bond donors (Lipinski definition) is 1. The van der Waals surface area contributed by atoms with Crippen molar-refractivity contribution in [1.82, 2.24) is 4.98 Å². The predicted octanol–water partition coefficient (Wildman–Crippen LogP) is 2.61. The van der Waals surface area contributed by atoms with Gasteiger partial charge in [0.05, 0.1) is 4.92 Å². The van der Waals surface area contributed by atoms with Gasteiger partial charge in [-0.2, -0.15) is 5.26 Å². The molecule has 18 heavy (non-hydrogen) atoms. The second-order valence-electron chi connectivity index (χ2n) is 4.44. The van der Waals surface area contributed by atoms with E-state index >= 15 is 0 Å². The third-order valence-corrected chi connectivity index (χ3v) is 3.15. The number of hydrogen-bond acceptors (Lipinski definition) is 5. The number of nitriles is 1. The molecule has 94 valence electrons. The number of anilines is 1. The maximum atomic E-state index is 10.6. The summed E-state index contributed by atoms with van der Waals surface area (Å²) in [5.41, 5.74) is 0.0792. The highest BCUT2D eigenvalue weighted by molar-refractivity contribution is 5.55. The minimum Gasteiger partial charge on any atom is -0.366 e. The number of nitrogens with one attached hydrogen (secondary N) is 1. The molecule has 1 aromatic heterocycles. The molecule has 0 radical (unpaired) electrons. The van der Waals surface area contributed by atoms with Crippen LogP contribution in [0, 0.1) is 21.4 Å². The van der Waals surface area contributed by atoms with Crippen LogP contribution in [0.4, 0.5) is 11.5 Å². The molecule has 6 heteroatoms. The molecule has 1 aliphatic rings. The quantitative estimate of drug-likeness (QED) is 0.653. The lowest BCUT2D eigenvalue weighted by atomic mass is 9.95. The van der Waals surface area contributed by atoms with Crippen molar-refractivity contribution in [2.45, 2.75) is 38.1 Å². The van der Waals surface area contributed by atoms with Gasteiger partial charge in [0.25, 0.3) is 5.69 Å². The second-order valence-corrected chi connectivity index (χ2v) is 4.44. The zero-order valence-corrected chi connectivity index (χ0v) is 9.93. The van der Waals surface area contributed by atoms with Gasteiger partial charge >= 0.3 is 0 Å². The standard InChI is InChI=1S/C12H14N4O2/c13-7-9-6-11(16(17)18)8-14-12(9)15-10-4-2-1-3-5-10/h6,8,10H,1-5H2,(H,14,15). The Hall–Kier alpha value is -2.16. The van der Waals surface area contributed by atoms with Gasteiger partial charge in [-0.1, -0.05) is 19.3 Å². The number of aromatic nitrogens is 1. The molecule has 1 fully saturated rings. The Morgan fingerprint density at radius 1 is 1.44 bits per heavy atom. The number of nitrogens with zero attached hydrogens (tertiary/aromatic N) is 3. The molecule has 1 aromatic rings. The van der Waals surface area contributed by atoms with Gasteiger partial charge in [-0.15, -0.1) is 0 Å². The smallest absolute Gasteiger partial charge is 0.289 e. The Bertz CT molecular complexity index is 489. The summed E-state index contributed by atoms with van der Waals surface area (Å²) < 4.78 is 0. The average Bonchev–Trinajstić information content (AvgIpc) is 2.40. The molecule has 0 bridgehead atoms. The van der Waals surface area contributed by atoms with Crippen LogP contribution >= 0.6 is 0 Å². The van der Waals surface area contributed by atoms with Gasteiger partial charge in [-0.05, 0) is 12.8 Å². The fourth-order valence-electron chi connectivity index (χ4n) is 2.19. The summed E-state index contributed by atoms with van der Waals surface area (Å²) in [4.78, 5) is 14.1. The minimum atomic E-state index is -0.543. The molecular weight excluding hydrogens is 232 g/mol. The Balaban J connectivity index is 2.17. The zero-order chi connectivity index (χ0) is 13.0. The molecule has 0 amide bonds. The van der Waals surface area contributed by atoms with Crippen molar-refractivity contribution >= 4 is 11.5 Å². The van der Waals surface area contributed by atoms with Crippen molar-refractivity contribution in [3.63, 3.8) is 0 Å². The van der Waals surface area contributed by atoms with E-state index < -0.39 is 4.92 Å². The lowest BCUT2D eigenvalue weighted by Crippen LogP contribution is -2.23. The largest absolute Gasteiger partial charge is 0.366 e. The summed E-state index contributed by atoms with van der Waals surface area (Å²) in [5.74, 6) is 0.454. The second kappa shape index (κ2) is 5.45. The highest BCUT2D eigenvalue weighted by Crippen LogP contribution is 2.24. The van der Waals surface area contributed by atoms with Crippen LogP contribution in [0.3, 0.4) is 0 Å². The summed E-state index contributed by atoms with van der Waals surface area (Å²) >= 11 is 0. The van der Waals surface area contributed by atoms with Gasteiger partial charge < -0.3 is 5.32 Å². The fraction of sp³-hybridized carbons (Fsp3) is 0.500. The van der Waals surface area contributed by atoms with Crippen LogP contribution in [0.5, 0.6) is 0 Å². The molecule has 0 aromatic carbocycles. The van der Waals surface area contributed by atoms with Crippen molar-refractivity contribution in [1.29, 1.82) is 5.26 Å². The van der Waals surface area contributed by atoms with E-state index in [2.05, 4.69) is 10.3 Å². The summed E-state index contributed by atoms with van der Waals surface area (Å²) in [6.45, 7) is 0. The van der Waals surface area contributed by atoms with E-state index in [1.54, 1.807) is 0 Å². The normalized spacial score (nSPS) is 15.9. The van der Waals surface area contributed by atoms with Crippen LogP contribution in [-0.2, 0) is 0 Å². The molecule has 6 nitrogen and oxygen atoms in total. The minimum absolute atomic E-state index is 0.152. The first-order chi connectivity index (χ1) is 8.70. The van der Waals surface area contributed by atoms with Gasteiger partial charge in [0, 0.05) is 12.1 Å². The lowest BCUT2D eigenvalue weighted by Gasteiger charge is -2.23. The third-order valence-electron chi connectivity index (χ3n) is 3.15. The van der Waals surface area contributed by atoms with E-state index in [1.807, 2.05) is 6.07 Å². The maximum absolute atomic E-state index is 10.6. The van der Waals surface area contributed by atoms with Crippen LogP contribution in [0.15, 0.2) is 12.3 Å². The molecule has 1 aliphatic carbocycles. The number of nitro groups is 1. The van der Waals surface area contributed by atoms with Crippen LogP contribution in [0.25, 0.3) is 0 Å². The van der Waals surface area contributed by atoms with Crippen molar-refractivity contribution in [2.75, 3.05) is 5.32 Å². The van der Waals surface area contributed by atoms with Crippen molar-refractivity contribution in [3.05, 3.63) is 27.9 Å². The molecule has 2 rings (SSSR count). The molecule has 1 heterocycles. The molecule has 1 N–H and O–H groups in total. The molecule has 1 saturated carbocycles. The van der Waals surface area contributed by atoms with E-state index in [0.29, 0.717) is 11.9 Å². The van der Waals surface area contributed by atoms with E-state index in [0.717, 1.165) is 12.8 Å². The first kappa shape index (κ1) is 12.3.